The molecule has 1 amide bonds. The second kappa shape index (κ2) is 8.15. The standard InChI is InChI=1S/C21H20N2O2S2/c1-14-8-10-15(11-9-14)26-12-4-7-19(24)22-21-23-20-16-5-2-3-6-17(16)25-13-18(20)27-21/h2-3,5-6,8-11H,4,7,12-13H2,1H3,(H,22,23,24). The fourth-order valence-corrected chi connectivity index (χ4v) is 4.64. The first-order valence-corrected chi connectivity index (χ1v) is 10.7. The van der Waals surface area contributed by atoms with Crippen LogP contribution in [0, 0.1) is 6.92 Å². The third-order valence-electron chi connectivity index (χ3n) is 4.28. The molecule has 138 valence electrons. The van der Waals surface area contributed by atoms with Gasteiger partial charge in [0.05, 0.1) is 10.6 Å². The van der Waals surface area contributed by atoms with Gasteiger partial charge in [-0.05, 0) is 43.4 Å². The fraction of sp³-hybridized carbons (Fsp3) is 0.238. The summed E-state index contributed by atoms with van der Waals surface area (Å²) in [7, 11) is 0. The van der Waals surface area contributed by atoms with Crippen molar-refractivity contribution in [1.82, 2.24) is 4.98 Å². The molecule has 0 unspecified atom stereocenters. The number of carbonyl (C=O) groups is 1. The average Bonchev–Trinajstić information content (AvgIpc) is 3.09. The lowest BCUT2D eigenvalue weighted by Crippen LogP contribution is -2.11. The number of aryl methyl sites for hydroxylation is 1. The minimum absolute atomic E-state index is 0.0137. The molecule has 0 saturated carbocycles. The highest BCUT2D eigenvalue weighted by atomic mass is 32.2. The number of para-hydroxylation sites is 1. The van der Waals surface area contributed by atoms with Gasteiger partial charge in [-0.2, -0.15) is 0 Å². The number of carbonyl (C=O) groups excluding carboxylic acids is 1. The summed E-state index contributed by atoms with van der Waals surface area (Å²) in [5, 5.41) is 3.59. The minimum atomic E-state index is 0.0137. The van der Waals surface area contributed by atoms with E-state index in [2.05, 4.69) is 41.5 Å². The van der Waals surface area contributed by atoms with Gasteiger partial charge in [0.25, 0.3) is 0 Å². The Morgan fingerprint density at radius 2 is 2.04 bits per heavy atom. The smallest absolute Gasteiger partial charge is 0.226 e. The zero-order chi connectivity index (χ0) is 18.6. The molecule has 4 rings (SSSR count). The van der Waals surface area contributed by atoms with Crippen LogP contribution in [0.25, 0.3) is 11.3 Å². The molecular weight excluding hydrogens is 376 g/mol. The first-order valence-electron chi connectivity index (χ1n) is 8.90. The van der Waals surface area contributed by atoms with Crippen LogP contribution in [0.15, 0.2) is 53.4 Å². The molecule has 3 aromatic rings. The van der Waals surface area contributed by atoms with E-state index in [9.17, 15) is 4.79 Å². The maximum Gasteiger partial charge on any atom is 0.226 e. The van der Waals surface area contributed by atoms with E-state index < -0.39 is 0 Å². The molecule has 0 spiro atoms. The van der Waals surface area contributed by atoms with Crippen LogP contribution in [-0.2, 0) is 11.4 Å². The second-order valence-electron chi connectivity index (χ2n) is 6.39. The molecule has 2 aromatic carbocycles. The van der Waals surface area contributed by atoms with Gasteiger partial charge < -0.3 is 10.1 Å². The lowest BCUT2D eigenvalue weighted by Gasteiger charge is -2.15. The Bertz CT molecular complexity index is 951. The number of fused-ring (bicyclic) bond motifs is 3. The van der Waals surface area contributed by atoms with E-state index in [-0.39, 0.29) is 5.91 Å². The van der Waals surface area contributed by atoms with Crippen molar-refractivity contribution in [3.63, 3.8) is 0 Å². The lowest BCUT2D eigenvalue weighted by molar-refractivity contribution is -0.116. The van der Waals surface area contributed by atoms with Crippen LogP contribution >= 0.6 is 23.1 Å². The molecule has 6 heteroatoms. The van der Waals surface area contributed by atoms with Gasteiger partial charge in [0.2, 0.25) is 5.91 Å². The van der Waals surface area contributed by atoms with Crippen LogP contribution in [0.2, 0.25) is 0 Å². The van der Waals surface area contributed by atoms with Crippen molar-refractivity contribution in [2.75, 3.05) is 11.1 Å². The average molecular weight is 397 g/mol. The lowest BCUT2D eigenvalue weighted by atomic mass is 10.1. The van der Waals surface area contributed by atoms with Gasteiger partial charge in [-0.3, -0.25) is 4.79 Å². The summed E-state index contributed by atoms with van der Waals surface area (Å²) in [4.78, 5) is 19.2. The maximum absolute atomic E-state index is 12.2. The number of ether oxygens (including phenoxy) is 1. The Morgan fingerprint density at radius 1 is 1.22 bits per heavy atom. The number of rotatable bonds is 6. The number of nitrogens with one attached hydrogen (secondary N) is 1. The van der Waals surface area contributed by atoms with Gasteiger partial charge in [0.15, 0.2) is 5.13 Å². The summed E-state index contributed by atoms with van der Waals surface area (Å²) in [6, 6.07) is 16.3. The quantitative estimate of drug-likeness (QED) is 0.440. The summed E-state index contributed by atoms with van der Waals surface area (Å²) in [6.45, 7) is 2.59. The van der Waals surface area contributed by atoms with Crippen molar-refractivity contribution < 1.29 is 9.53 Å². The molecule has 2 heterocycles. The van der Waals surface area contributed by atoms with E-state index in [0.29, 0.717) is 18.2 Å². The highest BCUT2D eigenvalue weighted by Crippen LogP contribution is 2.40. The normalized spacial score (nSPS) is 12.0. The van der Waals surface area contributed by atoms with Gasteiger partial charge in [0.1, 0.15) is 12.4 Å². The largest absolute Gasteiger partial charge is 0.487 e. The van der Waals surface area contributed by atoms with E-state index in [1.807, 2.05) is 24.3 Å². The number of thioether (sulfide) groups is 1. The number of amides is 1. The highest BCUT2D eigenvalue weighted by Gasteiger charge is 2.22. The number of thiazole rings is 1. The van der Waals surface area contributed by atoms with Gasteiger partial charge >= 0.3 is 0 Å². The summed E-state index contributed by atoms with van der Waals surface area (Å²) in [5.41, 5.74) is 3.18. The zero-order valence-corrected chi connectivity index (χ0v) is 16.7. The van der Waals surface area contributed by atoms with Crippen LogP contribution in [0.3, 0.4) is 0 Å². The van der Waals surface area contributed by atoms with E-state index in [4.69, 9.17) is 4.74 Å². The molecule has 0 fully saturated rings. The number of hydrogen-bond acceptors (Lipinski definition) is 5. The van der Waals surface area contributed by atoms with Crippen LogP contribution in [0.5, 0.6) is 5.75 Å². The molecule has 1 N–H and O–H groups in total. The number of nitrogens with zero attached hydrogens (tertiary/aromatic N) is 1. The van der Waals surface area contributed by atoms with Crippen LogP contribution in [0.4, 0.5) is 5.13 Å². The summed E-state index contributed by atoms with van der Waals surface area (Å²) >= 11 is 3.27. The molecule has 0 bridgehead atoms. The van der Waals surface area contributed by atoms with Gasteiger partial charge in [-0.15, -0.1) is 11.8 Å². The Balaban J connectivity index is 1.29. The molecule has 1 aliphatic heterocycles. The van der Waals surface area contributed by atoms with E-state index in [0.717, 1.165) is 34.1 Å². The van der Waals surface area contributed by atoms with Crippen LogP contribution < -0.4 is 10.1 Å². The SMILES string of the molecule is Cc1ccc(SCCCC(=O)Nc2nc3c(s2)COc2ccccc2-3)cc1. The van der Waals surface area contributed by atoms with Crippen LogP contribution in [0.1, 0.15) is 23.3 Å². The molecule has 1 aromatic heterocycles. The van der Waals surface area contributed by atoms with Crippen LogP contribution in [-0.4, -0.2) is 16.6 Å². The van der Waals surface area contributed by atoms with Crippen molar-refractivity contribution in [2.24, 2.45) is 0 Å². The fourth-order valence-electron chi connectivity index (χ4n) is 2.88. The Hall–Kier alpha value is -2.31. The number of hydrogen-bond donors (Lipinski definition) is 1. The van der Waals surface area contributed by atoms with Gasteiger partial charge in [-0.25, -0.2) is 4.98 Å². The van der Waals surface area contributed by atoms with Crippen molar-refractivity contribution in [3.05, 3.63) is 59.0 Å². The zero-order valence-electron chi connectivity index (χ0n) is 15.0. The van der Waals surface area contributed by atoms with Crippen molar-refractivity contribution in [3.8, 4) is 17.0 Å². The van der Waals surface area contributed by atoms with Gasteiger partial charge in [-0.1, -0.05) is 41.2 Å². The molecule has 0 atom stereocenters. The monoisotopic (exact) mass is 396 g/mol. The molecule has 0 radical (unpaired) electrons. The first kappa shape index (κ1) is 18.1. The number of aromatic nitrogens is 1. The first-order chi connectivity index (χ1) is 13.2. The molecular formula is C21H20N2O2S2. The predicted molar refractivity (Wildman–Crippen MR) is 112 cm³/mol. The van der Waals surface area contributed by atoms with E-state index in [1.165, 1.54) is 21.8 Å². The van der Waals surface area contributed by atoms with Crippen molar-refractivity contribution >= 4 is 34.1 Å². The second-order valence-corrected chi connectivity index (χ2v) is 8.64. The maximum atomic E-state index is 12.2. The highest BCUT2D eigenvalue weighted by molar-refractivity contribution is 7.99. The third kappa shape index (κ3) is 4.34. The Labute approximate surface area is 167 Å². The summed E-state index contributed by atoms with van der Waals surface area (Å²) in [5.74, 6) is 1.78. The number of anilines is 1. The Morgan fingerprint density at radius 3 is 2.89 bits per heavy atom. The molecule has 4 nitrogen and oxygen atoms in total. The summed E-state index contributed by atoms with van der Waals surface area (Å²) < 4.78 is 5.75. The van der Waals surface area contributed by atoms with E-state index in [1.54, 1.807) is 11.8 Å². The minimum Gasteiger partial charge on any atom is -0.487 e. The molecule has 0 saturated heterocycles. The molecule has 1 aliphatic rings. The molecule has 0 aliphatic carbocycles. The predicted octanol–water partition coefficient (Wildman–Crippen LogP) is 5.52. The van der Waals surface area contributed by atoms with E-state index >= 15 is 0 Å². The van der Waals surface area contributed by atoms with Crippen molar-refractivity contribution in [2.45, 2.75) is 31.3 Å². The third-order valence-corrected chi connectivity index (χ3v) is 6.33. The Kier molecular flexibility index (Phi) is 5.45. The summed E-state index contributed by atoms with van der Waals surface area (Å²) in [6.07, 6.45) is 1.33. The number of benzene rings is 2. The van der Waals surface area contributed by atoms with Gasteiger partial charge in [0, 0.05) is 16.9 Å². The topological polar surface area (TPSA) is 51.2 Å². The van der Waals surface area contributed by atoms with Crippen molar-refractivity contribution in [1.29, 1.82) is 0 Å². The molecule has 27 heavy (non-hydrogen) atoms.